The van der Waals surface area contributed by atoms with Crippen LogP contribution in [0.1, 0.15) is 22.5 Å². The average molecular weight is 526 g/mol. The van der Waals surface area contributed by atoms with E-state index >= 15 is 0 Å². The van der Waals surface area contributed by atoms with E-state index in [-0.39, 0.29) is 12.2 Å². The van der Waals surface area contributed by atoms with Crippen LogP contribution >= 0.6 is 0 Å². The first-order valence-electron chi connectivity index (χ1n) is 13.1. The zero-order valence-corrected chi connectivity index (χ0v) is 22.0. The lowest BCUT2D eigenvalue weighted by molar-refractivity contribution is 0.287. The van der Waals surface area contributed by atoms with Crippen LogP contribution in [0.25, 0.3) is 21.7 Å². The van der Waals surface area contributed by atoms with Gasteiger partial charge in [-0.25, -0.2) is 4.98 Å². The normalized spacial score (nSPS) is 11.3. The topological polar surface area (TPSA) is 65.7 Å². The number of aryl methyl sites for hydroxylation is 1. The van der Waals surface area contributed by atoms with Gasteiger partial charge in [-0.15, -0.1) is 0 Å². The van der Waals surface area contributed by atoms with Crippen molar-refractivity contribution in [2.45, 2.75) is 20.1 Å². The molecule has 0 amide bonds. The minimum absolute atomic E-state index is 0.0785. The molecule has 0 aliphatic heterocycles. The fourth-order valence-electron chi connectivity index (χ4n) is 4.63. The molecule has 0 bridgehead atoms. The maximum absolute atomic E-state index is 13.6. The lowest BCUT2D eigenvalue weighted by atomic mass is 10.0. The summed E-state index contributed by atoms with van der Waals surface area (Å²) in [6.45, 7) is 2.47. The third-order valence-corrected chi connectivity index (χ3v) is 6.74. The molecule has 0 spiro atoms. The van der Waals surface area contributed by atoms with E-state index in [1.54, 1.807) is 12.3 Å². The SMILES string of the molecule is Cc1ccccc1OCc1nc2ccccc2c(=O)n1N=Cc1c(OCc2ccccc2)ccc2ccccc12. The molecule has 6 rings (SSSR count). The molecule has 1 aromatic heterocycles. The van der Waals surface area contributed by atoms with Gasteiger partial charge in [-0.3, -0.25) is 4.79 Å². The number of hydrogen-bond donors (Lipinski definition) is 0. The Bertz CT molecular complexity index is 1900. The first-order valence-corrected chi connectivity index (χ1v) is 13.1. The summed E-state index contributed by atoms with van der Waals surface area (Å²) in [6.07, 6.45) is 1.68. The predicted octanol–water partition coefficient (Wildman–Crippen LogP) is 6.90. The Labute approximate surface area is 231 Å². The van der Waals surface area contributed by atoms with Gasteiger partial charge in [-0.05, 0) is 53.1 Å². The van der Waals surface area contributed by atoms with Gasteiger partial charge in [0, 0.05) is 5.56 Å². The van der Waals surface area contributed by atoms with E-state index in [2.05, 4.69) is 5.10 Å². The highest BCUT2D eigenvalue weighted by Gasteiger charge is 2.13. The molecule has 0 radical (unpaired) electrons. The zero-order chi connectivity index (χ0) is 27.3. The van der Waals surface area contributed by atoms with E-state index in [1.165, 1.54) is 4.68 Å². The minimum Gasteiger partial charge on any atom is -0.488 e. The zero-order valence-electron chi connectivity index (χ0n) is 22.0. The number of aromatic nitrogens is 2. The van der Waals surface area contributed by atoms with Crippen molar-refractivity contribution in [2.75, 3.05) is 0 Å². The van der Waals surface area contributed by atoms with Crippen molar-refractivity contribution in [1.82, 2.24) is 9.66 Å². The Morgan fingerprint density at radius 2 is 1.43 bits per heavy atom. The molecule has 0 aliphatic rings. The third-order valence-electron chi connectivity index (χ3n) is 6.74. The quantitative estimate of drug-likeness (QED) is 0.203. The summed E-state index contributed by atoms with van der Waals surface area (Å²) in [5.74, 6) is 1.80. The Hall–Kier alpha value is -5.23. The molecule has 0 atom stereocenters. The van der Waals surface area contributed by atoms with Crippen LogP contribution in [0.2, 0.25) is 0 Å². The second-order valence-electron chi connectivity index (χ2n) is 9.43. The van der Waals surface area contributed by atoms with Crippen molar-refractivity contribution in [3.63, 3.8) is 0 Å². The van der Waals surface area contributed by atoms with Gasteiger partial charge in [0.2, 0.25) is 0 Å². The Balaban J connectivity index is 1.43. The molecule has 0 N–H and O–H groups in total. The van der Waals surface area contributed by atoms with E-state index in [1.807, 2.05) is 116 Å². The smallest absolute Gasteiger partial charge is 0.282 e. The molecule has 196 valence electrons. The first kappa shape index (κ1) is 25.1. The van der Waals surface area contributed by atoms with E-state index in [4.69, 9.17) is 14.5 Å². The van der Waals surface area contributed by atoms with Crippen LogP contribution in [0.15, 0.2) is 125 Å². The lowest BCUT2D eigenvalue weighted by Crippen LogP contribution is -2.23. The Kier molecular flexibility index (Phi) is 7.05. The van der Waals surface area contributed by atoms with Crippen LogP contribution in [0.3, 0.4) is 0 Å². The van der Waals surface area contributed by atoms with E-state index in [0.29, 0.717) is 29.1 Å². The van der Waals surface area contributed by atoms with Crippen molar-refractivity contribution in [3.8, 4) is 11.5 Å². The molecule has 0 fully saturated rings. The molecular weight excluding hydrogens is 498 g/mol. The lowest BCUT2D eigenvalue weighted by Gasteiger charge is -2.14. The number of ether oxygens (including phenoxy) is 2. The van der Waals surface area contributed by atoms with Crippen molar-refractivity contribution < 1.29 is 9.47 Å². The number of benzene rings is 5. The van der Waals surface area contributed by atoms with Crippen molar-refractivity contribution in [3.05, 3.63) is 148 Å². The Morgan fingerprint density at radius 3 is 2.27 bits per heavy atom. The molecule has 0 aliphatic carbocycles. The van der Waals surface area contributed by atoms with Gasteiger partial charge in [-0.2, -0.15) is 9.78 Å². The van der Waals surface area contributed by atoms with Gasteiger partial charge in [0.15, 0.2) is 5.82 Å². The van der Waals surface area contributed by atoms with Crippen molar-refractivity contribution in [2.24, 2.45) is 5.10 Å². The predicted molar refractivity (Wildman–Crippen MR) is 159 cm³/mol. The second-order valence-corrected chi connectivity index (χ2v) is 9.43. The Morgan fingerprint density at radius 1 is 0.725 bits per heavy atom. The highest BCUT2D eigenvalue weighted by Crippen LogP contribution is 2.28. The van der Waals surface area contributed by atoms with Gasteiger partial charge in [0.25, 0.3) is 5.56 Å². The van der Waals surface area contributed by atoms with Gasteiger partial charge < -0.3 is 9.47 Å². The first-order chi connectivity index (χ1) is 19.7. The van der Waals surface area contributed by atoms with Crippen LogP contribution in [0.4, 0.5) is 0 Å². The van der Waals surface area contributed by atoms with Gasteiger partial charge in [0.05, 0.1) is 17.1 Å². The summed E-state index contributed by atoms with van der Waals surface area (Å²) in [4.78, 5) is 18.4. The molecule has 6 heteroatoms. The largest absolute Gasteiger partial charge is 0.488 e. The standard InChI is InChI=1S/C34H27N3O3/c1-24-11-5-10-18-31(24)40-23-33-36-30-17-9-8-16-28(30)34(38)37(33)35-21-29-27-15-7-6-14-26(27)19-20-32(29)39-22-25-12-3-2-4-13-25/h2-21H,22-23H2,1H3. The molecule has 5 aromatic carbocycles. The molecule has 0 saturated heterocycles. The summed E-state index contributed by atoms with van der Waals surface area (Å²) in [7, 11) is 0. The number of hydrogen-bond acceptors (Lipinski definition) is 5. The van der Waals surface area contributed by atoms with E-state index in [9.17, 15) is 4.79 Å². The number of rotatable bonds is 8. The minimum atomic E-state index is -0.266. The van der Waals surface area contributed by atoms with Gasteiger partial charge in [0.1, 0.15) is 24.7 Å². The van der Waals surface area contributed by atoms with Crippen LogP contribution in [0.5, 0.6) is 11.5 Å². The summed E-state index contributed by atoms with van der Waals surface area (Å²) in [6, 6.07) is 37.0. The van der Waals surface area contributed by atoms with E-state index < -0.39 is 0 Å². The molecule has 6 nitrogen and oxygen atoms in total. The average Bonchev–Trinajstić information content (AvgIpc) is 3.00. The molecule has 0 unspecified atom stereocenters. The number of nitrogens with zero attached hydrogens (tertiary/aromatic N) is 3. The highest BCUT2D eigenvalue weighted by molar-refractivity contribution is 6.02. The third kappa shape index (κ3) is 5.20. The molecule has 0 saturated carbocycles. The molecule has 40 heavy (non-hydrogen) atoms. The maximum atomic E-state index is 13.6. The summed E-state index contributed by atoms with van der Waals surface area (Å²) in [5, 5.41) is 7.18. The van der Waals surface area contributed by atoms with Gasteiger partial charge in [-0.1, -0.05) is 91.0 Å². The number of fused-ring (bicyclic) bond motifs is 2. The molecular formula is C34H27N3O3. The highest BCUT2D eigenvalue weighted by atomic mass is 16.5. The number of para-hydroxylation sites is 2. The monoisotopic (exact) mass is 525 g/mol. The second kappa shape index (κ2) is 11.3. The van der Waals surface area contributed by atoms with Crippen LogP contribution in [-0.2, 0) is 13.2 Å². The fraction of sp³-hybridized carbons (Fsp3) is 0.0882. The summed E-state index contributed by atoms with van der Waals surface area (Å²) >= 11 is 0. The fourth-order valence-corrected chi connectivity index (χ4v) is 4.63. The molecule has 6 aromatic rings. The van der Waals surface area contributed by atoms with Crippen LogP contribution < -0.4 is 15.0 Å². The van der Waals surface area contributed by atoms with Crippen LogP contribution in [-0.4, -0.2) is 15.9 Å². The van der Waals surface area contributed by atoms with Gasteiger partial charge >= 0.3 is 0 Å². The van der Waals surface area contributed by atoms with Crippen molar-refractivity contribution in [1.29, 1.82) is 0 Å². The summed E-state index contributed by atoms with van der Waals surface area (Å²) in [5.41, 5.74) is 3.16. The van der Waals surface area contributed by atoms with Crippen molar-refractivity contribution >= 4 is 27.9 Å². The summed E-state index contributed by atoms with van der Waals surface area (Å²) < 4.78 is 13.7. The van der Waals surface area contributed by atoms with Crippen LogP contribution in [0, 0.1) is 6.92 Å². The molecule has 1 heterocycles. The van der Waals surface area contributed by atoms with E-state index in [0.717, 1.165) is 33.2 Å². The maximum Gasteiger partial charge on any atom is 0.282 e.